The third kappa shape index (κ3) is 4.42. The number of benzene rings is 2. The summed E-state index contributed by atoms with van der Waals surface area (Å²) in [7, 11) is -3.80. The predicted octanol–water partition coefficient (Wildman–Crippen LogP) is 2.68. The van der Waals surface area contributed by atoms with Crippen LogP contribution in [0.25, 0.3) is 11.1 Å². The minimum Gasteiger partial charge on any atom is -0.378 e. The minimum absolute atomic E-state index is 0.113. The maximum Gasteiger partial charge on any atom is 0.219 e. The van der Waals surface area contributed by atoms with Gasteiger partial charge in [0.2, 0.25) is 5.95 Å². The fraction of sp³-hybridized carbons (Fsp3) is 0.238. The van der Waals surface area contributed by atoms with Crippen molar-refractivity contribution >= 4 is 21.5 Å². The summed E-state index contributed by atoms with van der Waals surface area (Å²) in [5.74, 6) is -0.836. The Labute approximate surface area is 174 Å². The van der Waals surface area contributed by atoms with Gasteiger partial charge in [-0.3, -0.25) is 0 Å². The number of nitrogens with two attached hydrogens (primary N) is 1. The van der Waals surface area contributed by atoms with Crippen molar-refractivity contribution in [1.29, 1.82) is 0 Å². The topological polar surface area (TPSA) is 98.4 Å². The summed E-state index contributed by atoms with van der Waals surface area (Å²) >= 11 is 0. The van der Waals surface area contributed by atoms with Gasteiger partial charge in [0.1, 0.15) is 5.82 Å². The van der Waals surface area contributed by atoms with Crippen LogP contribution in [0, 0.1) is 5.82 Å². The molecular formula is C21H21FN4O3S. The van der Waals surface area contributed by atoms with Crippen molar-refractivity contribution in [3.8, 4) is 11.1 Å². The number of halogens is 1. The molecule has 4 rings (SSSR count). The van der Waals surface area contributed by atoms with Crippen LogP contribution in [0.3, 0.4) is 0 Å². The number of aromatic nitrogens is 2. The van der Waals surface area contributed by atoms with Gasteiger partial charge >= 0.3 is 0 Å². The van der Waals surface area contributed by atoms with Crippen LogP contribution in [0.5, 0.6) is 0 Å². The molecule has 156 valence electrons. The van der Waals surface area contributed by atoms with Crippen LogP contribution < -0.4 is 10.6 Å². The van der Waals surface area contributed by atoms with Crippen LogP contribution in [0.1, 0.15) is 5.56 Å². The summed E-state index contributed by atoms with van der Waals surface area (Å²) in [6, 6.07) is 11.0. The van der Waals surface area contributed by atoms with Crippen molar-refractivity contribution < 1.29 is 17.5 Å². The molecule has 3 aromatic rings. The molecule has 0 spiro atoms. The molecule has 2 N–H and O–H groups in total. The lowest BCUT2D eigenvalue weighted by Crippen LogP contribution is -2.36. The first-order valence-corrected chi connectivity index (χ1v) is 11.1. The van der Waals surface area contributed by atoms with Crippen molar-refractivity contribution in [3.63, 3.8) is 0 Å². The van der Waals surface area contributed by atoms with E-state index in [0.29, 0.717) is 37.4 Å². The SMILES string of the molecule is Nc1ncc(-c2cc(N3CCOCC3)cc(S(=O)(=O)Cc3ccccc3F)c2)cn1. The van der Waals surface area contributed by atoms with E-state index < -0.39 is 21.4 Å². The van der Waals surface area contributed by atoms with Gasteiger partial charge < -0.3 is 15.4 Å². The van der Waals surface area contributed by atoms with Crippen LogP contribution in [0.4, 0.5) is 16.0 Å². The van der Waals surface area contributed by atoms with E-state index in [4.69, 9.17) is 10.5 Å². The Balaban J connectivity index is 1.78. The third-order valence-corrected chi connectivity index (χ3v) is 6.58. The number of nitrogens with zero attached hydrogens (tertiary/aromatic N) is 3. The molecular weight excluding hydrogens is 407 g/mol. The number of ether oxygens (including phenoxy) is 1. The highest BCUT2D eigenvalue weighted by atomic mass is 32.2. The Morgan fingerprint density at radius 2 is 1.73 bits per heavy atom. The monoisotopic (exact) mass is 428 g/mol. The molecule has 0 radical (unpaired) electrons. The van der Waals surface area contributed by atoms with E-state index in [9.17, 15) is 12.8 Å². The summed E-state index contributed by atoms with van der Waals surface area (Å²) in [5, 5.41) is 0. The largest absolute Gasteiger partial charge is 0.378 e. The molecule has 0 aliphatic carbocycles. The third-order valence-electron chi connectivity index (χ3n) is 4.94. The normalized spacial score (nSPS) is 14.6. The predicted molar refractivity (Wildman–Crippen MR) is 112 cm³/mol. The van der Waals surface area contributed by atoms with E-state index in [1.54, 1.807) is 30.6 Å². The summed E-state index contributed by atoms with van der Waals surface area (Å²) in [4.78, 5) is 10.2. The number of nitrogen functional groups attached to an aromatic ring is 1. The average molecular weight is 428 g/mol. The van der Waals surface area contributed by atoms with Crippen LogP contribution in [-0.4, -0.2) is 44.7 Å². The molecule has 0 atom stereocenters. The van der Waals surface area contributed by atoms with Gasteiger partial charge in [0.25, 0.3) is 0 Å². The Morgan fingerprint density at radius 1 is 1.03 bits per heavy atom. The molecule has 0 amide bonds. The fourth-order valence-corrected chi connectivity index (χ4v) is 4.74. The second kappa shape index (κ2) is 8.37. The summed E-state index contributed by atoms with van der Waals surface area (Å²) in [5.41, 5.74) is 7.74. The van der Waals surface area contributed by atoms with Gasteiger partial charge in [-0.05, 0) is 29.8 Å². The first-order valence-electron chi connectivity index (χ1n) is 9.44. The highest BCUT2D eigenvalue weighted by Crippen LogP contribution is 2.31. The molecule has 0 bridgehead atoms. The Morgan fingerprint density at radius 3 is 2.43 bits per heavy atom. The van der Waals surface area contributed by atoms with E-state index in [-0.39, 0.29) is 16.4 Å². The number of hydrogen-bond acceptors (Lipinski definition) is 7. The molecule has 1 aliphatic rings. The van der Waals surface area contributed by atoms with Crippen molar-refractivity contribution in [2.24, 2.45) is 0 Å². The molecule has 30 heavy (non-hydrogen) atoms. The van der Waals surface area contributed by atoms with E-state index in [1.807, 2.05) is 6.07 Å². The first kappa shape index (κ1) is 20.2. The Kier molecular flexibility index (Phi) is 5.65. The van der Waals surface area contributed by atoms with Gasteiger partial charge in [-0.25, -0.2) is 22.8 Å². The Hall–Kier alpha value is -3.04. The molecule has 1 saturated heterocycles. The zero-order valence-electron chi connectivity index (χ0n) is 16.2. The van der Waals surface area contributed by atoms with E-state index >= 15 is 0 Å². The summed E-state index contributed by atoms with van der Waals surface area (Å²) < 4.78 is 45.8. The van der Waals surface area contributed by atoms with Crippen molar-refractivity contribution in [2.75, 3.05) is 36.9 Å². The van der Waals surface area contributed by atoms with Crippen LogP contribution in [0.15, 0.2) is 59.8 Å². The Bertz CT molecular complexity index is 1150. The quantitative estimate of drug-likeness (QED) is 0.667. The number of sulfone groups is 1. The lowest BCUT2D eigenvalue weighted by Gasteiger charge is -2.29. The summed E-state index contributed by atoms with van der Waals surface area (Å²) in [6.07, 6.45) is 3.10. The maximum absolute atomic E-state index is 14.1. The smallest absolute Gasteiger partial charge is 0.219 e. The zero-order valence-corrected chi connectivity index (χ0v) is 17.0. The number of morpholine rings is 1. The molecule has 0 saturated carbocycles. The number of hydrogen-bond donors (Lipinski definition) is 1. The molecule has 9 heteroatoms. The van der Waals surface area contributed by atoms with Crippen molar-refractivity contribution in [3.05, 3.63) is 66.2 Å². The second-order valence-electron chi connectivity index (χ2n) is 7.00. The lowest BCUT2D eigenvalue weighted by atomic mass is 10.1. The molecule has 0 unspecified atom stereocenters. The van der Waals surface area contributed by atoms with Gasteiger partial charge in [-0.1, -0.05) is 18.2 Å². The maximum atomic E-state index is 14.1. The minimum atomic E-state index is -3.80. The molecule has 2 heterocycles. The number of anilines is 2. The van der Waals surface area contributed by atoms with E-state index in [1.165, 1.54) is 18.2 Å². The van der Waals surface area contributed by atoms with E-state index in [2.05, 4.69) is 14.9 Å². The number of rotatable bonds is 5. The van der Waals surface area contributed by atoms with Crippen LogP contribution >= 0.6 is 0 Å². The standard InChI is InChI=1S/C21H21FN4O3S/c22-20-4-2-1-3-15(20)14-30(27,28)19-10-16(17-12-24-21(23)25-13-17)9-18(11-19)26-5-7-29-8-6-26/h1-4,9-13H,5-8,14H2,(H2,23,24,25). The first-order chi connectivity index (χ1) is 14.4. The van der Waals surface area contributed by atoms with Crippen LogP contribution in [-0.2, 0) is 20.3 Å². The highest BCUT2D eigenvalue weighted by Gasteiger charge is 2.22. The van der Waals surface area contributed by atoms with Gasteiger partial charge in [0.15, 0.2) is 9.84 Å². The molecule has 2 aromatic carbocycles. The van der Waals surface area contributed by atoms with Gasteiger partial charge in [0.05, 0.1) is 23.9 Å². The molecule has 7 nitrogen and oxygen atoms in total. The van der Waals surface area contributed by atoms with Crippen molar-refractivity contribution in [1.82, 2.24) is 9.97 Å². The zero-order chi connectivity index (χ0) is 21.1. The van der Waals surface area contributed by atoms with Crippen LogP contribution in [0.2, 0.25) is 0 Å². The highest BCUT2D eigenvalue weighted by molar-refractivity contribution is 7.90. The van der Waals surface area contributed by atoms with Gasteiger partial charge in [-0.2, -0.15) is 0 Å². The second-order valence-corrected chi connectivity index (χ2v) is 8.99. The van der Waals surface area contributed by atoms with Crippen molar-refractivity contribution in [2.45, 2.75) is 10.6 Å². The van der Waals surface area contributed by atoms with Gasteiger partial charge in [-0.15, -0.1) is 0 Å². The fourth-order valence-electron chi connectivity index (χ4n) is 3.32. The average Bonchev–Trinajstić information content (AvgIpc) is 2.76. The lowest BCUT2D eigenvalue weighted by molar-refractivity contribution is 0.122. The van der Waals surface area contributed by atoms with Gasteiger partial charge in [0, 0.05) is 42.3 Å². The van der Waals surface area contributed by atoms with E-state index in [0.717, 1.165) is 5.69 Å². The molecule has 1 fully saturated rings. The molecule has 1 aromatic heterocycles. The summed E-state index contributed by atoms with van der Waals surface area (Å²) in [6.45, 7) is 2.42. The molecule has 1 aliphatic heterocycles.